The summed E-state index contributed by atoms with van der Waals surface area (Å²) in [5.74, 6) is 1.18. The Kier molecular flexibility index (Phi) is 2.79. The Bertz CT molecular complexity index is 703. The first kappa shape index (κ1) is 11.5. The standard InChI is InChI=1S/C14H14N4O/c1-10-6-13(18-14(7-10)16-9-17-18)15-8-11-2-4-12(19)5-3-11/h2-7,9,15,19H,8H2,1H3. The maximum Gasteiger partial charge on any atom is 0.157 e. The highest BCUT2D eigenvalue weighted by Gasteiger charge is 2.03. The number of nitrogens with zero attached hydrogens (tertiary/aromatic N) is 3. The largest absolute Gasteiger partial charge is 0.508 e. The van der Waals surface area contributed by atoms with Gasteiger partial charge in [-0.3, -0.25) is 0 Å². The number of hydrogen-bond donors (Lipinski definition) is 2. The van der Waals surface area contributed by atoms with Gasteiger partial charge < -0.3 is 10.4 Å². The van der Waals surface area contributed by atoms with E-state index in [1.165, 1.54) is 0 Å². The van der Waals surface area contributed by atoms with E-state index in [2.05, 4.69) is 15.4 Å². The summed E-state index contributed by atoms with van der Waals surface area (Å²) in [6.45, 7) is 2.69. The average molecular weight is 254 g/mol. The van der Waals surface area contributed by atoms with E-state index in [1.54, 1.807) is 23.0 Å². The van der Waals surface area contributed by atoms with Gasteiger partial charge in [-0.15, -0.1) is 0 Å². The zero-order valence-corrected chi connectivity index (χ0v) is 10.5. The Labute approximate surface area is 110 Å². The minimum absolute atomic E-state index is 0.276. The molecule has 19 heavy (non-hydrogen) atoms. The molecule has 0 saturated carbocycles. The molecular formula is C14H14N4O. The Balaban J connectivity index is 1.85. The number of aromatic hydroxyl groups is 1. The molecule has 0 amide bonds. The van der Waals surface area contributed by atoms with Crippen molar-refractivity contribution in [3.63, 3.8) is 0 Å². The SMILES string of the molecule is Cc1cc(NCc2ccc(O)cc2)n2ncnc2c1. The van der Waals surface area contributed by atoms with E-state index in [-0.39, 0.29) is 5.75 Å². The Morgan fingerprint density at radius 2 is 2.00 bits per heavy atom. The number of fused-ring (bicyclic) bond motifs is 1. The summed E-state index contributed by atoms with van der Waals surface area (Å²) in [4.78, 5) is 4.19. The van der Waals surface area contributed by atoms with Gasteiger partial charge in [0.05, 0.1) is 0 Å². The summed E-state index contributed by atoms with van der Waals surface area (Å²) in [6, 6.07) is 11.1. The molecule has 0 aliphatic rings. The quantitative estimate of drug-likeness (QED) is 0.753. The molecule has 0 aliphatic heterocycles. The normalized spacial score (nSPS) is 10.8. The van der Waals surface area contributed by atoms with Crippen LogP contribution in [0.5, 0.6) is 5.75 Å². The molecule has 3 aromatic rings. The van der Waals surface area contributed by atoms with Crippen LogP contribution in [0.2, 0.25) is 0 Å². The highest BCUT2D eigenvalue weighted by atomic mass is 16.3. The molecule has 2 N–H and O–H groups in total. The van der Waals surface area contributed by atoms with Crippen LogP contribution in [0.3, 0.4) is 0 Å². The van der Waals surface area contributed by atoms with Crippen molar-refractivity contribution in [2.24, 2.45) is 0 Å². The summed E-state index contributed by atoms with van der Waals surface area (Å²) in [6.07, 6.45) is 1.54. The third-order valence-corrected chi connectivity index (χ3v) is 2.93. The van der Waals surface area contributed by atoms with Crippen molar-refractivity contribution in [2.75, 3.05) is 5.32 Å². The van der Waals surface area contributed by atoms with Crippen LogP contribution in [0.4, 0.5) is 5.82 Å². The van der Waals surface area contributed by atoms with Crippen LogP contribution in [0.25, 0.3) is 5.65 Å². The summed E-state index contributed by atoms with van der Waals surface area (Å²) < 4.78 is 1.77. The second kappa shape index (κ2) is 4.61. The molecule has 0 unspecified atom stereocenters. The monoisotopic (exact) mass is 254 g/mol. The van der Waals surface area contributed by atoms with Crippen molar-refractivity contribution < 1.29 is 5.11 Å². The zero-order valence-electron chi connectivity index (χ0n) is 10.5. The molecule has 0 saturated heterocycles. The first-order valence-corrected chi connectivity index (χ1v) is 6.04. The molecule has 5 nitrogen and oxygen atoms in total. The minimum Gasteiger partial charge on any atom is -0.508 e. The van der Waals surface area contributed by atoms with Crippen LogP contribution in [0.1, 0.15) is 11.1 Å². The number of rotatable bonds is 3. The highest BCUT2D eigenvalue weighted by molar-refractivity contribution is 5.51. The van der Waals surface area contributed by atoms with Gasteiger partial charge in [-0.1, -0.05) is 12.1 Å². The zero-order chi connectivity index (χ0) is 13.2. The molecule has 96 valence electrons. The predicted octanol–water partition coefficient (Wildman–Crippen LogP) is 2.36. The third-order valence-electron chi connectivity index (χ3n) is 2.93. The van der Waals surface area contributed by atoms with E-state index in [0.29, 0.717) is 6.54 Å². The third kappa shape index (κ3) is 2.35. The summed E-state index contributed by atoms with van der Waals surface area (Å²) in [5.41, 5.74) is 3.05. The number of anilines is 1. The van der Waals surface area contributed by atoms with Gasteiger partial charge >= 0.3 is 0 Å². The lowest BCUT2D eigenvalue weighted by molar-refractivity contribution is 0.475. The van der Waals surface area contributed by atoms with E-state index in [4.69, 9.17) is 0 Å². The van der Waals surface area contributed by atoms with E-state index < -0.39 is 0 Å². The van der Waals surface area contributed by atoms with Crippen LogP contribution in [-0.2, 0) is 6.54 Å². The van der Waals surface area contributed by atoms with E-state index in [1.807, 2.05) is 31.2 Å². The van der Waals surface area contributed by atoms with Crippen LogP contribution in [0, 0.1) is 6.92 Å². The maximum absolute atomic E-state index is 9.25. The molecular weight excluding hydrogens is 240 g/mol. The van der Waals surface area contributed by atoms with Gasteiger partial charge in [0.25, 0.3) is 0 Å². The summed E-state index contributed by atoms with van der Waals surface area (Å²) in [5, 5.41) is 16.8. The Hall–Kier alpha value is -2.56. The maximum atomic E-state index is 9.25. The van der Waals surface area contributed by atoms with Gasteiger partial charge in [0.15, 0.2) is 5.65 Å². The first-order valence-electron chi connectivity index (χ1n) is 6.04. The van der Waals surface area contributed by atoms with Gasteiger partial charge in [0, 0.05) is 6.54 Å². The van der Waals surface area contributed by atoms with E-state index >= 15 is 0 Å². The van der Waals surface area contributed by atoms with Crippen molar-refractivity contribution in [3.05, 3.63) is 53.9 Å². The summed E-state index contributed by atoms with van der Waals surface area (Å²) in [7, 11) is 0. The number of phenolic OH excluding ortho intramolecular Hbond substituents is 1. The second-order valence-corrected chi connectivity index (χ2v) is 4.47. The lowest BCUT2D eigenvalue weighted by Crippen LogP contribution is -2.05. The Morgan fingerprint density at radius 1 is 1.21 bits per heavy atom. The minimum atomic E-state index is 0.276. The number of benzene rings is 1. The molecule has 0 atom stereocenters. The van der Waals surface area contributed by atoms with Crippen molar-refractivity contribution >= 4 is 11.5 Å². The second-order valence-electron chi connectivity index (χ2n) is 4.47. The lowest BCUT2D eigenvalue weighted by Gasteiger charge is -2.09. The van der Waals surface area contributed by atoms with Crippen molar-refractivity contribution in [1.82, 2.24) is 14.6 Å². The van der Waals surface area contributed by atoms with Gasteiger partial charge in [-0.2, -0.15) is 9.61 Å². The predicted molar refractivity (Wildman–Crippen MR) is 73.2 cm³/mol. The fourth-order valence-corrected chi connectivity index (χ4v) is 1.99. The number of nitrogens with one attached hydrogen (secondary N) is 1. The topological polar surface area (TPSA) is 62.5 Å². The van der Waals surface area contributed by atoms with Gasteiger partial charge in [0.1, 0.15) is 17.9 Å². The number of pyridine rings is 1. The summed E-state index contributed by atoms with van der Waals surface area (Å²) >= 11 is 0. The lowest BCUT2D eigenvalue weighted by atomic mass is 10.2. The fourth-order valence-electron chi connectivity index (χ4n) is 1.99. The van der Waals surface area contributed by atoms with Crippen molar-refractivity contribution in [1.29, 1.82) is 0 Å². The fraction of sp³-hybridized carbons (Fsp3) is 0.143. The van der Waals surface area contributed by atoms with Gasteiger partial charge in [0.2, 0.25) is 0 Å². The highest BCUT2D eigenvalue weighted by Crippen LogP contribution is 2.15. The molecule has 0 fully saturated rings. The van der Waals surface area contributed by atoms with Crippen LogP contribution in [-0.4, -0.2) is 19.7 Å². The Morgan fingerprint density at radius 3 is 2.79 bits per heavy atom. The number of phenols is 1. The molecule has 0 bridgehead atoms. The molecule has 2 aromatic heterocycles. The molecule has 0 spiro atoms. The van der Waals surface area contributed by atoms with Crippen LogP contribution < -0.4 is 5.32 Å². The molecule has 2 heterocycles. The molecule has 3 rings (SSSR count). The first-order chi connectivity index (χ1) is 9.22. The average Bonchev–Trinajstić information content (AvgIpc) is 2.85. The van der Waals surface area contributed by atoms with Gasteiger partial charge in [-0.25, -0.2) is 4.98 Å². The van der Waals surface area contributed by atoms with Crippen molar-refractivity contribution in [2.45, 2.75) is 13.5 Å². The van der Waals surface area contributed by atoms with E-state index in [0.717, 1.165) is 22.6 Å². The molecule has 5 heteroatoms. The van der Waals surface area contributed by atoms with Crippen LogP contribution in [0.15, 0.2) is 42.7 Å². The molecule has 1 aromatic carbocycles. The van der Waals surface area contributed by atoms with Crippen LogP contribution >= 0.6 is 0 Å². The van der Waals surface area contributed by atoms with Crippen molar-refractivity contribution in [3.8, 4) is 5.75 Å². The number of aryl methyl sites for hydroxylation is 1. The molecule has 0 aliphatic carbocycles. The van der Waals surface area contributed by atoms with Gasteiger partial charge in [-0.05, 0) is 42.3 Å². The number of hydrogen-bond acceptors (Lipinski definition) is 4. The number of aromatic nitrogens is 3. The molecule has 0 radical (unpaired) electrons. The van der Waals surface area contributed by atoms with E-state index in [9.17, 15) is 5.11 Å². The smallest absolute Gasteiger partial charge is 0.157 e.